The van der Waals surface area contributed by atoms with Crippen molar-refractivity contribution in [3.63, 3.8) is 0 Å². The van der Waals surface area contributed by atoms with Gasteiger partial charge in [-0.1, -0.05) is 46.4 Å². The van der Waals surface area contributed by atoms with Crippen molar-refractivity contribution in [2.24, 2.45) is 0 Å². The summed E-state index contributed by atoms with van der Waals surface area (Å²) in [7, 11) is -2.92. The minimum absolute atomic E-state index is 0.0664. The largest absolute Gasteiger partial charge is 0.322 e. The van der Waals surface area contributed by atoms with Gasteiger partial charge in [-0.15, -0.1) is 10.8 Å². The summed E-state index contributed by atoms with van der Waals surface area (Å²) >= 11 is 24.2. The van der Waals surface area contributed by atoms with Crippen LogP contribution in [0, 0.1) is 0 Å². The van der Waals surface area contributed by atoms with Crippen molar-refractivity contribution >= 4 is 74.5 Å². The lowest BCUT2D eigenvalue weighted by atomic mass is 10.1. The number of hydrogen-bond acceptors (Lipinski definition) is 4. The van der Waals surface area contributed by atoms with E-state index in [0.717, 1.165) is 0 Å². The fourth-order valence-electron chi connectivity index (χ4n) is 2.66. The second-order valence-electron chi connectivity index (χ2n) is 5.69. The van der Waals surface area contributed by atoms with Crippen LogP contribution in [0.4, 0.5) is 11.4 Å². The van der Waals surface area contributed by atoms with E-state index in [2.05, 4.69) is 5.32 Å². The Bertz CT molecular complexity index is 859. The molecular formula is C16H14Cl4N2O3S. The highest BCUT2D eigenvalue weighted by atomic mass is 35.5. The van der Waals surface area contributed by atoms with Crippen LogP contribution in [-0.4, -0.2) is 27.3 Å². The zero-order chi connectivity index (χ0) is 19.1. The summed E-state index contributed by atoms with van der Waals surface area (Å²) in [5.74, 6) is -0.247. The Morgan fingerprint density at radius 2 is 1.69 bits per heavy atom. The lowest BCUT2D eigenvalue weighted by Gasteiger charge is -2.38. The van der Waals surface area contributed by atoms with Gasteiger partial charge in [0.05, 0.1) is 27.0 Å². The van der Waals surface area contributed by atoms with E-state index in [1.807, 2.05) is 0 Å². The standard InChI is InChI=1S/C16H14Cl4N2O3S/c17-9-4-10(18)6-11(5-9)21-16(23)13-7-12(8-14(19)15(13)20)22-2-1-3-26(22,24)25/h4-8,24-25H,1-3H2,(H,21,23). The quantitative estimate of drug-likeness (QED) is 0.498. The molecule has 1 amide bonds. The van der Waals surface area contributed by atoms with E-state index >= 15 is 0 Å². The first kappa shape index (κ1) is 19.9. The molecule has 140 valence electrons. The molecular weight excluding hydrogens is 442 g/mol. The third-order valence-corrected chi connectivity index (χ3v) is 6.97. The van der Waals surface area contributed by atoms with E-state index in [1.165, 1.54) is 16.4 Å². The number of rotatable bonds is 3. The van der Waals surface area contributed by atoms with Crippen LogP contribution < -0.4 is 9.62 Å². The molecule has 26 heavy (non-hydrogen) atoms. The molecule has 0 saturated carbocycles. The van der Waals surface area contributed by atoms with Gasteiger partial charge in [-0.05, 0) is 36.8 Å². The van der Waals surface area contributed by atoms with Crippen molar-refractivity contribution in [3.05, 3.63) is 56.0 Å². The summed E-state index contributed by atoms with van der Waals surface area (Å²) in [5.41, 5.74) is 0.925. The number of hydrogen-bond donors (Lipinski definition) is 3. The molecule has 1 aliphatic rings. The second-order valence-corrected chi connectivity index (χ2v) is 9.46. The first-order valence-electron chi connectivity index (χ1n) is 7.47. The predicted octanol–water partition coefficient (Wildman–Crippen LogP) is 6.43. The summed E-state index contributed by atoms with van der Waals surface area (Å²) in [6, 6.07) is 7.62. The molecule has 3 rings (SSSR count). The minimum Gasteiger partial charge on any atom is -0.322 e. The molecule has 1 saturated heterocycles. The maximum Gasteiger partial charge on any atom is 0.257 e. The van der Waals surface area contributed by atoms with E-state index in [0.29, 0.717) is 34.4 Å². The number of carbonyl (C=O) groups excluding carboxylic acids is 1. The van der Waals surface area contributed by atoms with Crippen LogP contribution in [0.2, 0.25) is 20.1 Å². The van der Waals surface area contributed by atoms with Gasteiger partial charge in [-0.25, -0.2) is 0 Å². The molecule has 0 aliphatic carbocycles. The van der Waals surface area contributed by atoms with Gasteiger partial charge >= 0.3 is 0 Å². The molecule has 0 atom stereocenters. The molecule has 1 aliphatic heterocycles. The van der Waals surface area contributed by atoms with Crippen molar-refractivity contribution in [3.8, 4) is 0 Å². The second kappa shape index (κ2) is 7.64. The molecule has 0 aromatic heterocycles. The summed E-state index contributed by atoms with van der Waals surface area (Å²) in [6.45, 7) is 0.450. The fourth-order valence-corrected chi connectivity index (χ4v) is 5.20. The molecule has 10 heteroatoms. The molecule has 5 nitrogen and oxygen atoms in total. The summed E-state index contributed by atoms with van der Waals surface area (Å²) < 4.78 is 21.8. The minimum atomic E-state index is -2.92. The summed E-state index contributed by atoms with van der Waals surface area (Å²) in [5, 5.41) is 3.61. The van der Waals surface area contributed by atoms with Gasteiger partial charge in [0, 0.05) is 22.3 Å². The number of halogens is 4. The van der Waals surface area contributed by atoms with E-state index in [4.69, 9.17) is 46.4 Å². The van der Waals surface area contributed by atoms with Crippen molar-refractivity contribution in [1.82, 2.24) is 0 Å². The molecule has 0 unspecified atom stereocenters. The van der Waals surface area contributed by atoms with E-state index < -0.39 is 16.7 Å². The van der Waals surface area contributed by atoms with Crippen LogP contribution in [0.15, 0.2) is 30.3 Å². The lowest BCUT2D eigenvalue weighted by molar-refractivity contribution is 0.102. The number of anilines is 2. The Labute approximate surface area is 172 Å². The maximum absolute atomic E-state index is 12.7. The molecule has 0 bridgehead atoms. The van der Waals surface area contributed by atoms with Crippen LogP contribution in [0.1, 0.15) is 16.8 Å². The van der Waals surface area contributed by atoms with Crippen molar-refractivity contribution in [1.29, 1.82) is 0 Å². The van der Waals surface area contributed by atoms with Crippen molar-refractivity contribution < 1.29 is 13.9 Å². The zero-order valence-corrected chi connectivity index (χ0v) is 17.0. The van der Waals surface area contributed by atoms with Gasteiger partial charge in [0.1, 0.15) is 0 Å². The Kier molecular flexibility index (Phi) is 5.84. The number of carbonyl (C=O) groups is 1. The van der Waals surface area contributed by atoms with Crippen LogP contribution in [0.25, 0.3) is 0 Å². The van der Waals surface area contributed by atoms with Gasteiger partial charge in [0.15, 0.2) is 0 Å². The van der Waals surface area contributed by atoms with Crippen molar-refractivity contribution in [2.75, 3.05) is 21.9 Å². The summed E-state index contributed by atoms with van der Waals surface area (Å²) in [6.07, 6.45) is 0.630. The smallest absolute Gasteiger partial charge is 0.257 e. The highest BCUT2D eigenvalue weighted by Crippen LogP contribution is 2.51. The van der Waals surface area contributed by atoms with E-state index in [9.17, 15) is 13.9 Å². The lowest BCUT2D eigenvalue weighted by Crippen LogP contribution is -2.22. The maximum atomic E-state index is 12.7. The summed E-state index contributed by atoms with van der Waals surface area (Å²) in [4.78, 5) is 12.7. The topological polar surface area (TPSA) is 72.8 Å². The predicted molar refractivity (Wildman–Crippen MR) is 111 cm³/mol. The van der Waals surface area contributed by atoms with E-state index in [-0.39, 0.29) is 21.4 Å². The fraction of sp³-hybridized carbons (Fsp3) is 0.188. The number of amides is 1. The highest BCUT2D eigenvalue weighted by molar-refractivity contribution is 8.25. The molecule has 1 fully saturated rings. The van der Waals surface area contributed by atoms with Gasteiger partial charge in [0.2, 0.25) is 0 Å². The normalized spacial score (nSPS) is 17.2. The third kappa shape index (κ3) is 4.17. The van der Waals surface area contributed by atoms with Gasteiger partial charge in [-0.2, -0.15) is 0 Å². The van der Waals surface area contributed by atoms with Crippen LogP contribution >= 0.6 is 57.2 Å². The molecule has 0 spiro atoms. The molecule has 0 radical (unpaired) electrons. The zero-order valence-electron chi connectivity index (χ0n) is 13.2. The average Bonchev–Trinajstić information content (AvgIpc) is 2.88. The first-order chi connectivity index (χ1) is 12.2. The monoisotopic (exact) mass is 454 g/mol. The first-order valence-corrected chi connectivity index (χ1v) is 10.7. The van der Waals surface area contributed by atoms with Gasteiger partial charge < -0.3 is 5.32 Å². The number of nitrogens with one attached hydrogen (secondary N) is 1. The molecule has 2 aromatic rings. The van der Waals surface area contributed by atoms with Crippen LogP contribution in [-0.2, 0) is 0 Å². The molecule has 2 aromatic carbocycles. The Morgan fingerprint density at radius 1 is 1.04 bits per heavy atom. The highest BCUT2D eigenvalue weighted by Gasteiger charge is 2.30. The Hall–Kier alpha value is -0.860. The molecule has 1 heterocycles. The number of nitrogens with zero attached hydrogens (tertiary/aromatic N) is 1. The van der Waals surface area contributed by atoms with Gasteiger partial charge in [0.25, 0.3) is 5.91 Å². The van der Waals surface area contributed by atoms with Crippen molar-refractivity contribution in [2.45, 2.75) is 6.42 Å². The third-order valence-electron chi connectivity index (χ3n) is 3.80. The SMILES string of the molecule is O=C(Nc1cc(Cl)cc(Cl)c1)c1cc(N2CCCS2(O)O)cc(Cl)c1Cl. The van der Waals surface area contributed by atoms with Crippen LogP contribution in [0.3, 0.4) is 0 Å². The van der Waals surface area contributed by atoms with E-state index in [1.54, 1.807) is 18.2 Å². The van der Waals surface area contributed by atoms with Gasteiger partial charge in [-0.3, -0.25) is 18.2 Å². The Morgan fingerprint density at radius 3 is 2.27 bits per heavy atom. The Balaban J connectivity index is 1.95. The van der Waals surface area contributed by atoms with Crippen LogP contribution in [0.5, 0.6) is 0 Å². The average molecular weight is 456 g/mol. The number of benzene rings is 2. The molecule has 3 N–H and O–H groups in total.